The van der Waals surface area contributed by atoms with Gasteiger partial charge < -0.3 is 4.90 Å². The van der Waals surface area contributed by atoms with Gasteiger partial charge in [0.2, 0.25) is 0 Å². The van der Waals surface area contributed by atoms with Gasteiger partial charge in [0.1, 0.15) is 10.4 Å². The van der Waals surface area contributed by atoms with Gasteiger partial charge in [0.05, 0.1) is 0 Å². The smallest absolute Gasteiger partial charge is 0.129 e. The third-order valence-electron chi connectivity index (χ3n) is 3.04. The van der Waals surface area contributed by atoms with Gasteiger partial charge in [-0.2, -0.15) is 0 Å². The highest BCUT2D eigenvalue weighted by molar-refractivity contribution is 9.10. The van der Waals surface area contributed by atoms with Gasteiger partial charge in [0.25, 0.3) is 0 Å². The molecule has 0 unspecified atom stereocenters. The van der Waals surface area contributed by atoms with Crippen LogP contribution >= 0.6 is 15.9 Å². The third kappa shape index (κ3) is 3.78. The maximum Gasteiger partial charge on any atom is 0.129 e. The minimum Gasteiger partial charge on any atom is -0.357 e. The Kier molecular flexibility index (Phi) is 5.81. The highest BCUT2D eigenvalue weighted by atomic mass is 79.9. The molecule has 0 spiro atoms. The summed E-state index contributed by atoms with van der Waals surface area (Å²) in [6, 6.07) is 6.09. The largest absolute Gasteiger partial charge is 0.357 e. The number of nitrogens with zero attached hydrogens (tertiary/aromatic N) is 2. The minimum atomic E-state index is 0.765. The van der Waals surface area contributed by atoms with Crippen LogP contribution in [0.25, 0.3) is 0 Å². The Labute approximate surface area is 107 Å². The lowest BCUT2D eigenvalue weighted by Gasteiger charge is -2.26. The predicted molar refractivity (Wildman–Crippen MR) is 73.9 cm³/mol. The molecule has 0 N–H and O–H groups in total. The zero-order valence-corrected chi connectivity index (χ0v) is 12.0. The fourth-order valence-corrected chi connectivity index (χ4v) is 2.15. The summed E-state index contributed by atoms with van der Waals surface area (Å²) in [6.45, 7) is 8.82. The van der Waals surface area contributed by atoms with Crippen molar-refractivity contribution in [2.45, 2.75) is 33.6 Å². The summed E-state index contributed by atoms with van der Waals surface area (Å²) in [6.07, 6.45) is 2.47. The molecule has 0 aliphatic rings. The van der Waals surface area contributed by atoms with Crippen LogP contribution in [-0.2, 0) is 0 Å². The molecule has 90 valence electrons. The molecule has 0 fully saturated rings. The number of rotatable bonds is 6. The van der Waals surface area contributed by atoms with E-state index in [1.165, 1.54) is 12.8 Å². The monoisotopic (exact) mass is 284 g/mol. The zero-order chi connectivity index (χ0) is 12.0. The number of hydrogen-bond donors (Lipinski definition) is 0. The van der Waals surface area contributed by atoms with Crippen molar-refractivity contribution in [2.75, 3.05) is 18.0 Å². The molecular weight excluding hydrogens is 264 g/mol. The second-order valence-electron chi connectivity index (χ2n) is 4.04. The summed E-state index contributed by atoms with van der Waals surface area (Å²) in [5, 5.41) is 0. The quantitative estimate of drug-likeness (QED) is 0.731. The van der Waals surface area contributed by atoms with Crippen LogP contribution in [0.3, 0.4) is 0 Å². The fraction of sp³-hybridized carbons (Fsp3) is 0.615. The molecule has 0 aliphatic heterocycles. The Hall–Kier alpha value is -0.570. The van der Waals surface area contributed by atoms with Gasteiger partial charge in [-0.25, -0.2) is 4.98 Å². The Bertz CT molecular complexity index is 311. The maximum atomic E-state index is 4.51. The minimum absolute atomic E-state index is 0.765. The molecule has 1 heterocycles. The SMILES string of the molecule is CCC(CC)CN(CC)c1cccc(Br)n1. The van der Waals surface area contributed by atoms with Gasteiger partial charge in [-0.1, -0.05) is 32.8 Å². The standard InChI is InChI=1S/C13H21BrN2/c1-4-11(5-2)10-16(6-3)13-9-7-8-12(14)15-13/h7-9,11H,4-6,10H2,1-3H3. The lowest BCUT2D eigenvalue weighted by molar-refractivity contribution is 0.484. The molecular formula is C13H21BrN2. The molecule has 0 saturated carbocycles. The molecule has 3 heteroatoms. The van der Waals surface area contributed by atoms with Crippen LogP contribution in [0.1, 0.15) is 33.6 Å². The van der Waals surface area contributed by atoms with Crippen molar-refractivity contribution in [3.63, 3.8) is 0 Å². The average Bonchev–Trinajstić information content (AvgIpc) is 2.31. The first-order chi connectivity index (χ1) is 7.71. The van der Waals surface area contributed by atoms with E-state index in [4.69, 9.17) is 0 Å². The highest BCUT2D eigenvalue weighted by Crippen LogP contribution is 2.18. The van der Waals surface area contributed by atoms with Crippen molar-refractivity contribution < 1.29 is 0 Å². The lowest BCUT2D eigenvalue weighted by atomic mass is 10.0. The van der Waals surface area contributed by atoms with Crippen molar-refractivity contribution in [2.24, 2.45) is 5.92 Å². The van der Waals surface area contributed by atoms with E-state index in [0.29, 0.717) is 0 Å². The first-order valence-electron chi connectivity index (χ1n) is 6.08. The summed E-state index contributed by atoms with van der Waals surface area (Å²) in [4.78, 5) is 6.86. The highest BCUT2D eigenvalue weighted by Gasteiger charge is 2.11. The molecule has 2 nitrogen and oxygen atoms in total. The van der Waals surface area contributed by atoms with E-state index >= 15 is 0 Å². The number of aromatic nitrogens is 1. The van der Waals surface area contributed by atoms with Crippen LogP contribution in [0, 0.1) is 5.92 Å². The molecule has 0 bridgehead atoms. The van der Waals surface area contributed by atoms with E-state index < -0.39 is 0 Å². The lowest BCUT2D eigenvalue weighted by Crippen LogP contribution is -2.29. The molecule has 1 rings (SSSR count). The van der Waals surface area contributed by atoms with Gasteiger partial charge in [0, 0.05) is 13.1 Å². The number of hydrogen-bond acceptors (Lipinski definition) is 2. The van der Waals surface area contributed by atoms with Crippen LogP contribution in [0.15, 0.2) is 22.8 Å². The first-order valence-corrected chi connectivity index (χ1v) is 6.88. The normalized spacial score (nSPS) is 10.8. The van der Waals surface area contributed by atoms with Crippen LogP contribution in [0.4, 0.5) is 5.82 Å². The van der Waals surface area contributed by atoms with Gasteiger partial charge in [-0.15, -0.1) is 0 Å². The Morgan fingerprint density at radius 3 is 2.44 bits per heavy atom. The molecule has 0 aromatic carbocycles. The second-order valence-corrected chi connectivity index (χ2v) is 4.85. The van der Waals surface area contributed by atoms with Gasteiger partial charge in [-0.05, 0) is 40.9 Å². The fourth-order valence-electron chi connectivity index (χ4n) is 1.82. The molecule has 1 aromatic heterocycles. The van der Waals surface area contributed by atoms with Crippen LogP contribution in [0.5, 0.6) is 0 Å². The van der Waals surface area contributed by atoms with E-state index in [2.05, 4.69) is 52.7 Å². The summed E-state index contributed by atoms with van der Waals surface area (Å²) >= 11 is 3.42. The maximum absolute atomic E-state index is 4.51. The molecule has 1 aromatic rings. The van der Waals surface area contributed by atoms with Crippen molar-refractivity contribution in [3.8, 4) is 0 Å². The van der Waals surface area contributed by atoms with Crippen molar-refractivity contribution in [3.05, 3.63) is 22.8 Å². The van der Waals surface area contributed by atoms with Gasteiger partial charge in [0.15, 0.2) is 0 Å². The van der Waals surface area contributed by atoms with Crippen molar-refractivity contribution in [1.82, 2.24) is 4.98 Å². The molecule has 0 amide bonds. The summed E-state index contributed by atoms with van der Waals surface area (Å²) < 4.78 is 0.910. The summed E-state index contributed by atoms with van der Waals surface area (Å²) in [5.41, 5.74) is 0. The Morgan fingerprint density at radius 2 is 1.94 bits per heavy atom. The number of halogens is 1. The number of anilines is 1. The van der Waals surface area contributed by atoms with Crippen molar-refractivity contribution >= 4 is 21.7 Å². The Morgan fingerprint density at radius 1 is 1.25 bits per heavy atom. The van der Waals surface area contributed by atoms with Crippen LogP contribution in [0.2, 0.25) is 0 Å². The van der Waals surface area contributed by atoms with E-state index in [1.54, 1.807) is 0 Å². The summed E-state index contributed by atoms with van der Waals surface area (Å²) in [5.74, 6) is 1.84. The topological polar surface area (TPSA) is 16.1 Å². The van der Waals surface area contributed by atoms with Crippen molar-refractivity contribution in [1.29, 1.82) is 0 Å². The van der Waals surface area contributed by atoms with Crippen LogP contribution in [-0.4, -0.2) is 18.1 Å². The second kappa shape index (κ2) is 6.89. The molecule has 0 aliphatic carbocycles. The van der Waals surface area contributed by atoms with Crippen LogP contribution < -0.4 is 4.90 Å². The van der Waals surface area contributed by atoms with E-state index in [9.17, 15) is 0 Å². The first kappa shape index (κ1) is 13.5. The molecule has 0 atom stereocenters. The molecule has 16 heavy (non-hydrogen) atoms. The molecule has 0 radical (unpaired) electrons. The summed E-state index contributed by atoms with van der Waals surface area (Å²) in [7, 11) is 0. The number of pyridine rings is 1. The zero-order valence-electron chi connectivity index (χ0n) is 10.4. The predicted octanol–water partition coefficient (Wildman–Crippen LogP) is 4.11. The molecule has 0 saturated heterocycles. The van der Waals surface area contributed by atoms with E-state index in [1.807, 2.05) is 12.1 Å². The average molecular weight is 285 g/mol. The van der Waals surface area contributed by atoms with E-state index in [-0.39, 0.29) is 0 Å². The van der Waals surface area contributed by atoms with E-state index in [0.717, 1.165) is 29.4 Å². The third-order valence-corrected chi connectivity index (χ3v) is 3.48. The Balaban J connectivity index is 2.74. The van der Waals surface area contributed by atoms with Gasteiger partial charge >= 0.3 is 0 Å². The van der Waals surface area contributed by atoms with Gasteiger partial charge in [-0.3, -0.25) is 0 Å².